The summed E-state index contributed by atoms with van der Waals surface area (Å²) in [6.45, 7) is 9.46. The van der Waals surface area contributed by atoms with Crippen molar-refractivity contribution in [3.8, 4) is 0 Å². The second-order valence-electron chi connectivity index (χ2n) is 7.16. The minimum atomic E-state index is -0.223. The van der Waals surface area contributed by atoms with E-state index >= 15 is 0 Å². The van der Waals surface area contributed by atoms with Crippen molar-refractivity contribution in [2.75, 3.05) is 26.2 Å². The van der Waals surface area contributed by atoms with Crippen LogP contribution in [0.1, 0.15) is 64.1 Å². The van der Waals surface area contributed by atoms with E-state index in [4.69, 9.17) is 15.2 Å². The predicted molar refractivity (Wildman–Crippen MR) is 116 cm³/mol. The van der Waals surface area contributed by atoms with Gasteiger partial charge in [0.25, 0.3) is 0 Å². The van der Waals surface area contributed by atoms with E-state index in [1.165, 1.54) is 0 Å². The van der Waals surface area contributed by atoms with Gasteiger partial charge in [-0.05, 0) is 32.1 Å². The van der Waals surface area contributed by atoms with E-state index in [9.17, 15) is 4.79 Å². The van der Waals surface area contributed by atoms with Crippen LogP contribution in [-0.4, -0.2) is 53.1 Å². The van der Waals surface area contributed by atoms with Gasteiger partial charge in [0.1, 0.15) is 0 Å². The third-order valence-corrected chi connectivity index (χ3v) is 4.45. The molecule has 8 nitrogen and oxygen atoms in total. The summed E-state index contributed by atoms with van der Waals surface area (Å²) in [5.41, 5.74) is 5.35. The van der Waals surface area contributed by atoms with Crippen molar-refractivity contribution in [1.29, 1.82) is 0 Å². The molecule has 1 unspecified atom stereocenters. The third kappa shape index (κ3) is 8.02. The van der Waals surface area contributed by atoms with Gasteiger partial charge in [0.2, 0.25) is 11.8 Å². The van der Waals surface area contributed by atoms with E-state index in [1.54, 1.807) is 0 Å². The molecule has 1 aliphatic heterocycles. The summed E-state index contributed by atoms with van der Waals surface area (Å²) in [5, 5.41) is 7.34. The standard InChI is InChI=1S/C18H32N6O2.HI/c1-4-20-18(24-10-6-7-14(12-24)11-15(19)25)21-9-5-8-16-22-17(13(2)3)23-26-16;/h13-14H,4-12H2,1-3H3,(H2,19,25)(H,20,21);1H. The summed E-state index contributed by atoms with van der Waals surface area (Å²) in [7, 11) is 0. The number of piperidine rings is 1. The highest BCUT2D eigenvalue weighted by atomic mass is 127. The number of aryl methyl sites for hydroxylation is 1. The van der Waals surface area contributed by atoms with Crippen molar-refractivity contribution in [2.24, 2.45) is 16.6 Å². The first-order valence-corrected chi connectivity index (χ1v) is 9.63. The molecule has 1 fully saturated rings. The van der Waals surface area contributed by atoms with Gasteiger partial charge in [-0.3, -0.25) is 9.79 Å². The van der Waals surface area contributed by atoms with Crippen LogP contribution >= 0.6 is 24.0 Å². The van der Waals surface area contributed by atoms with Crippen molar-refractivity contribution in [2.45, 2.75) is 58.8 Å². The molecule has 2 heterocycles. The Morgan fingerprint density at radius 1 is 1.48 bits per heavy atom. The SMILES string of the molecule is CCNC(=NCCCc1nc(C(C)C)no1)N1CCCC(CC(N)=O)C1.I. The second kappa shape index (κ2) is 12.1. The van der Waals surface area contributed by atoms with Gasteiger partial charge in [-0.25, -0.2) is 0 Å². The first-order chi connectivity index (χ1) is 12.5. The molecule has 0 aliphatic carbocycles. The van der Waals surface area contributed by atoms with Crippen LogP contribution in [0.4, 0.5) is 0 Å². The number of halogens is 1. The van der Waals surface area contributed by atoms with Crippen LogP contribution in [0.2, 0.25) is 0 Å². The fourth-order valence-corrected chi connectivity index (χ4v) is 3.15. The minimum absolute atomic E-state index is 0. The summed E-state index contributed by atoms with van der Waals surface area (Å²) in [6, 6.07) is 0. The summed E-state index contributed by atoms with van der Waals surface area (Å²) in [5.74, 6) is 2.71. The maximum atomic E-state index is 11.2. The largest absolute Gasteiger partial charge is 0.370 e. The number of aromatic nitrogens is 2. The fourth-order valence-electron chi connectivity index (χ4n) is 3.15. The molecule has 0 bridgehead atoms. The molecule has 9 heteroatoms. The molecule has 0 saturated carbocycles. The highest BCUT2D eigenvalue weighted by Gasteiger charge is 2.23. The summed E-state index contributed by atoms with van der Waals surface area (Å²) in [6.07, 6.45) is 4.14. The molecule has 3 N–H and O–H groups in total. The number of carbonyl (C=O) groups is 1. The van der Waals surface area contributed by atoms with Crippen molar-refractivity contribution in [3.05, 3.63) is 11.7 Å². The molecule has 1 saturated heterocycles. The molecule has 0 radical (unpaired) electrons. The molecule has 0 spiro atoms. The Morgan fingerprint density at radius 3 is 2.89 bits per heavy atom. The number of aliphatic imine (C=N–C) groups is 1. The zero-order chi connectivity index (χ0) is 18.9. The lowest BCUT2D eigenvalue weighted by atomic mass is 9.95. The molecular formula is C18H33IN6O2. The zero-order valence-electron chi connectivity index (χ0n) is 16.6. The topological polar surface area (TPSA) is 110 Å². The Bertz CT molecular complexity index is 604. The van der Waals surface area contributed by atoms with Crippen molar-refractivity contribution in [3.63, 3.8) is 0 Å². The molecular weight excluding hydrogens is 459 g/mol. The Kier molecular flexibility index (Phi) is 10.6. The normalized spacial score (nSPS) is 17.7. The van der Waals surface area contributed by atoms with Crippen molar-refractivity contribution in [1.82, 2.24) is 20.4 Å². The molecule has 2 rings (SSSR count). The quantitative estimate of drug-likeness (QED) is 0.250. The number of rotatable bonds is 8. The third-order valence-electron chi connectivity index (χ3n) is 4.45. The van der Waals surface area contributed by atoms with Gasteiger partial charge < -0.3 is 20.5 Å². The van der Waals surface area contributed by atoms with Gasteiger partial charge >= 0.3 is 0 Å². The highest BCUT2D eigenvalue weighted by Crippen LogP contribution is 2.19. The van der Waals surface area contributed by atoms with E-state index in [-0.39, 0.29) is 35.8 Å². The van der Waals surface area contributed by atoms with E-state index in [0.717, 1.165) is 57.1 Å². The lowest BCUT2D eigenvalue weighted by Gasteiger charge is -2.34. The molecule has 154 valence electrons. The van der Waals surface area contributed by atoms with Crippen LogP contribution in [0.15, 0.2) is 9.52 Å². The van der Waals surface area contributed by atoms with Crippen molar-refractivity contribution >= 4 is 35.8 Å². The number of primary amides is 1. The number of guanidine groups is 1. The van der Waals surface area contributed by atoms with Crippen LogP contribution in [0.25, 0.3) is 0 Å². The Hall–Kier alpha value is -1.39. The average molecular weight is 492 g/mol. The first-order valence-electron chi connectivity index (χ1n) is 9.63. The number of nitrogens with two attached hydrogens (primary N) is 1. The first kappa shape index (κ1) is 23.6. The molecule has 1 aromatic heterocycles. The van der Waals surface area contributed by atoms with Crippen molar-refractivity contribution < 1.29 is 9.32 Å². The van der Waals surface area contributed by atoms with Gasteiger partial charge in [0.05, 0.1) is 0 Å². The lowest BCUT2D eigenvalue weighted by molar-refractivity contribution is -0.119. The number of amides is 1. The Balaban J connectivity index is 0.00000364. The molecule has 1 atom stereocenters. The Labute approximate surface area is 178 Å². The van der Waals surface area contributed by atoms with E-state index in [0.29, 0.717) is 24.8 Å². The van der Waals surface area contributed by atoms with Crippen LogP contribution < -0.4 is 11.1 Å². The molecule has 1 aromatic rings. The summed E-state index contributed by atoms with van der Waals surface area (Å²) < 4.78 is 5.27. The van der Waals surface area contributed by atoms with Crippen LogP contribution in [0.5, 0.6) is 0 Å². The van der Waals surface area contributed by atoms with Gasteiger partial charge in [-0.1, -0.05) is 19.0 Å². The van der Waals surface area contributed by atoms with Gasteiger partial charge in [0, 0.05) is 44.9 Å². The maximum Gasteiger partial charge on any atom is 0.226 e. The fraction of sp³-hybridized carbons (Fsp3) is 0.778. The smallest absolute Gasteiger partial charge is 0.226 e. The second-order valence-corrected chi connectivity index (χ2v) is 7.16. The van der Waals surface area contributed by atoms with E-state index in [1.807, 2.05) is 13.8 Å². The molecule has 1 amide bonds. The van der Waals surface area contributed by atoms with Crippen LogP contribution in [0.3, 0.4) is 0 Å². The van der Waals surface area contributed by atoms with Gasteiger partial charge in [-0.2, -0.15) is 4.98 Å². The molecule has 0 aromatic carbocycles. The van der Waals surface area contributed by atoms with E-state index in [2.05, 4.69) is 27.3 Å². The Morgan fingerprint density at radius 2 is 2.26 bits per heavy atom. The average Bonchev–Trinajstić information content (AvgIpc) is 3.06. The number of hydrogen-bond donors (Lipinski definition) is 2. The van der Waals surface area contributed by atoms with Gasteiger partial charge in [0.15, 0.2) is 11.8 Å². The van der Waals surface area contributed by atoms with Crippen LogP contribution in [-0.2, 0) is 11.2 Å². The maximum absolute atomic E-state index is 11.2. The summed E-state index contributed by atoms with van der Waals surface area (Å²) in [4.78, 5) is 22.6. The monoisotopic (exact) mass is 492 g/mol. The molecule has 27 heavy (non-hydrogen) atoms. The number of nitrogens with zero attached hydrogens (tertiary/aromatic N) is 4. The minimum Gasteiger partial charge on any atom is -0.370 e. The molecule has 1 aliphatic rings. The highest BCUT2D eigenvalue weighted by molar-refractivity contribution is 14.0. The van der Waals surface area contributed by atoms with E-state index < -0.39 is 0 Å². The zero-order valence-corrected chi connectivity index (χ0v) is 18.9. The number of likely N-dealkylation sites (tertiary alicyclic amines) is 1. The number of carbonyl (C=O) groups excluding carboxylic acids is 1. The van der Waals surface area contributed by atoms with Gasteiger partial charge in [-0.15, -0.1) is 24.0 Å². The number of nitrogens with one attached hydrogen (secondary N) is 1. The lowest BCUT2D eigenvalue weighted by Crippen LogP contribution is -2.47. The summed E-state index contributed by atoms with van der Waals surface area (Å²) >= 11 is 0. The predicted octanol–water partition coefficient (Wildman–Crippen LogP) is 2.30. The van der Waals surface area contributed by atoms with Crippen LogP contribution in [0, 0.1) is 5.92 Å². The number of hydrogen-bond acceptors (Lipinski definition) is 5.